The third kappa shape index (κ3) is 4.05. The normalized spacial score (nSPS) is 19.9. The Balaban J connectivity index is 1.68. The molecule has 0 amide bonds. The average Bonchev–Trinajstić information content (AvgIpc) is 3.32. The van der Waals surface area contributed by atoms with Crippen molar-refractivity contribution in [3.8, 4) is 0 Å². The van der Waals surface area contributed by atoms with E-state index in [1.807, 2.05) is 18.2 Å². The number of anilines is 1. The van der Waals surface area contributed by atoms with Gasteiger partial charge in [-0.15, -0.1) is 0 Å². The molecular weight excluding hydrogens is 450 g/mol. The zero-order chi connectivity index (χ0) is 21.5. The molecule has 2 aromatic carbocycles. The highest BCUT2D eigenvalue weighted by Crippen LogP contribution is 2.36. The van der Waals surface area contributed by atoms with E-state index in [-0.39, 0.29) is 35.1 Å². The minimum absolute atomic E-state index is 0.00612. The summed E-state index contributed by atoms with van der Waals surface area (Å²) in [5, 5.41) is 3.85. The van der Waals surface area contributed by atoms with E-state index in [4.69, 9.17) is 23.2 Å². The topological polar surface area (TPSA) is 67.2 Å². The van der Waals surface area contributed by atoms with Crippen LogP contribution in [0.25, 0.3) is 0 Å². The zero-order valence-electron chi connectivity index (χ0n) is 16.0. The second-order valence-electron chi connectivity index (χ2n) is 7.21. The number of imidazole rings is 1. The molecule has 158 valence electrons. The number of nitrogens with one attached hydrogen (secondary N) is 1. The number of benzene rings is 2. The molecule has 1 aromatic heterocycles. The van der Waals surface area contributed by atoms with Crippen LogP contribution in [0.15, 0.2) is 60.0 Å². The Morgan fingerprint density at radius 3 is 2.57 bits per heavy atom. The van der Waals surface area contributed by atoms with Crippen molar-refractivity contribution in [2.24, 2.45) is 7.05 Å². The van der Waals surface area contributed by atoms with Crippen molar-refractivity contribution in [2.75, 3.05) is 18.4 Å². The summed E-state index contributed by atoms with van der Waals surface area (Å²) >= 11 is 12.3. The van der Waals surface area contributed by atoms with Crippen molar-refractivity contribution in [1.82, 2.24) is 13.9 Å². The molecule has 2 heterocycles. The van der Waals surface area contributed by atoms with Gasteiger partial charge in [-0.2, -0.15) is 4.31 Å². The van der Waals surface area contributed by atoms with Crippen molar-refractivity contribution >= 4 is 38.9 Å². The lowest BCUT2D eigenvalue weighted by molar-refractivity contribution is 0.468. The van der Waals surface area contributed by atoms with Crippen LogP contribution in [0.3, 0.4) is 0 Å². The van der Waals surface area contributed by atoms with Crippen LogP contribution in [0.1, 0.15) is 11.5 Å². The van der Waals surface area contributed by atoms with E-state index in [0.29, 0.717) is 10.7 Å². The Morgan fingerprint density at radius 1 is 1.13 bits per heavy atom. The summed E-state index contributed by atoms with van der Waals surface area (Å²) in [7, 11) is -2.07. The maximum absolute atomic E-state index is 13.5. The Bertz CT molecular complexity index is 1190. The van der Waals surface area contributed by atoms with Gasteiger partial charge in [-0.25, -0.2) is 17.8 Å². The molecule has 4 rings (SSSR count). The maximum Gasteiger partial charge on any atom is 0.262 e. The van der Waals surface area contributed by atoms with E-state index in [1.54, 1.807) is 23.7 Å². The highest BCUT2D eigenvalue weighted by Gasteiger charge is 2.41. The van der Waals surface area contributed by atoms with E-state index in [9.17, 15) is 12.8 Å². The molecule has 1 N–H and O–H groups in total. The summed E-state index contributed by atoms with van der Waals surface area (Å²) < 4.78 is 42.8. The highest BCUT2D eigenvalue weighted by molar-refractivity contribution is 7.89. The smallest absolute Gasteiger partial charge is 0.262 e. The van der Waals surface area contributed by atoms with Crippen LogP contribution in [-0.2, 0) is 17.1 Å². The minimum Gasteiger partial charge on any atom is -0.380 e. The molecule has 30 heavy (non-hydrogen) atoms. The van der Waals surface area contributed by atoms with Gasteiger partial charge in [0.25, 0.3) is 10.0 Å². The molecule has 1 aliphatic rings. The molecule has 0 bridgehead atoms. The van der Waals surface area contributed by atoms with Gasteiger partial charge in [-0.05, 0) is 29.8 Å². The van der Waals surface area contributed by atoms with Crippen molar-refractivity contribution in [2.45, 2.75) is 17.0 Å². The SMILES string of the molecule is Cn1cnc(S(=O)(=O)N2C[C@@H](Nc3ccc(F)c(Cl)c3)[C@H](c3ccccc3Cl)C2)c1. The third-order valence-electron chi connectivity index (χ3n) is 5.15. The van der Waals surface area contributed by atoms with Crippen LogP contribution in [-0.4, -0.2) is 41.4 Å². The fourth-order valence-electron chi connectivity index (χ4n) is 3.66. The van der Waals surface area contributed by atoms with Crippen LogP contribution >= 0.6 is 23.2 Å². The number of halogens is 3. The quantitative estimate of drug-likeness (QED) is 0.610. The standard InChI is InChI=1S/C20H19Cl2FN4O2S/c1-26-11-20(24-12-26)30(28,29)27-9-15(14-4-2-3-5-16(14)21)19(10-27)25-13-6-7-18(23)17(22)8-13/h2-8,11-12,15,19,25H,9-10H2,1H3/t15-,19+/m0/s1. The van der Waals surface area contributed by atoms with Crippen molar-refractivity contribution in [3.63, 3.8) is 0 Å². The number of hydrogen-bond acceptors (Lipinski definition) is 4. The van der Waals surface area contributed by atoms with Gasteiger partial charge in [0.1, 0.15) is 5.82 Å². The van der Waals surface area contributed by atoms with Crippen LogP contribution < -0.4 is 5.32 Å². The number of nitrogens with zero attached hydrogens (tertiary/aromatic N) is 3. The number of rotatable bonds is 5. The molecule has 1 saturated heterocycles. The lowest BCUT2D eigenvalue weighted by Crippen LogP contribution is -2.32. The summed E-state index contributed by atoms with van der Waals surface area (Å²) in [5.74, 6) is -0.739. The van der Waals surface area contributed by atoms with Gasteiger partial charge in [0, 0.05) is 49.0 Å². The molecule has 3 aromatic rings. The molecule has 0 unspecified atom stereocenters. The molecule has 6 nitrogen and oxygen atoms in total. The molecule has 1 fully saturated rings. The number of aryl methyl sites for hydroxylation is 1. The monoisotopic (exact) mass is 468 g/mol. The summed E-state index contributed by atoms with van der Waals surface area (Å²) in [5.41, 5.74) is 1.43. The molecule has 0 spiro atoms. The fourth-order valence-corrected chi connectivity index (χ4v) is 5.57. The van der Waals surface area contributed by atoms with Gasteiger partial charge >= 0.3 is 0 Å². The number of sulfonamides is 1. The Morgan fingerprint density at radius 2 is 1.90 bits per heavy atom. The Labute approximate surface area is 184 Å². The highest BCUT2D eigenvalue weighted by atomic mass is 35.5. The van der Waals surface area contributed by atoms with E-state index in [1.165, 1.54) is 29.0 Å². The summed E-state index contributed by atoms with van der Waals surface area (Å²) in [4.78, 5) is 4.01. The second kappa shape index (κ2) is 8.19. The van der Waals surface area contributed by atoms with Crippen molar-refractivity contribution < 1.29 is 12.8 Å². The molecule has 0 radical (unpaired) electrons. The number of aromatic nitrogens is 2. The van der Waals surface area contributed by atoms with Crippen molar-refractivity contribution in [3.05, 3.63) is 76.4 Å². The Hall–Kier alpha value is -2.13. The molecule has 1 aliphatic heterocycles. The first-order valence-electron chi connectivity index (χ1n) is 9.20. The van der Waals surface area contributed by atoms with Gasteiger partial charge in [-0.1, -0.05) is 41.4 Å². The van der Waals surface area contributed by atoms with E-state index < -0.39 is 15.8 Å². The van der Waals surface area contributed by atoms with Gasteiger partial charge in [0.2, 0.25) is 0 Å². The molecule has 10 heteroatoms. The van der Waals surface area contributed by atoms with E-state index in [0.717, 1.165) is 5.56 Å². The molecule has 0 aliphatic carbocycles. The second-order valence-corrected chi connectivity index (χ2v) is 9.91. The van der Waals surface area contributed by atoms with E-state index in [2.05, 4.69) is 10.3 Å². The minimum atomic E-state index is -3.78. The Kier molecular flexibility index (Phi) is 5.76. The lowest BCUT2D eigenvalue weighted by Gasteiger charge is -2.22. The van der Waals surface area contributed by atoms with Gasteiger partial charge in [0.05, 0.1) is 11.3 Å². The zero-order valence-corrected chi connectivity index (χ0v) is 18.3. The summed E-state index contributed by atoms with van der Waals surface area (Å²) in [6.07, 6.45) is 2.92. The third-order valence-corrected chi connectivity index (χ3v) is 7.50. The largest absolute Gasteiger partial charge is 0.380 e. The van der Waals surface area contributed by atoms with Crippen LogP contribution in [0.4, 0.5) is 10.1 Å². The maximum atomic E-state index is 13.5. The van der Waals surface area contributed by atoms with Crippen LogP contribution in [0.5, 0.6) is 0 Å². The summed E-state index contributed by atoms with van der Waals surface area (Å²) in [6, 6.07) is 11.4. The number of hydrogen-bond donors (Lipinski definition) is 1. The lowest BCUT2D eigenvalue weighted by atomic mass is 9.94. The summed E-state index contributed by atoms with van der Waals surface area (Å²) in [6.45, 7) is 0.430. The predicted molar refractivity (Wildman–Crippen MR) is 115 cm³/mol. The molecule has 2 atom stereocenters. The van der Waals surface area contributed by atoms with Gasteiger partial charge in [0.15, 0.2) is 5.03 Å². The van der Waals surface area contributed by atoms with Crippen molar-refractivity contribution in [1.29, 1.82) is 0 Å². The first-order valence-corrected chi connectivity index (χ1v) is 11.4. The van der Waals surface area contributed by atoms with Gasteiger partial charge in [-0.3, -0.25) is 0 Å². The van der Waals surface area contributed by atoms with Crippen LogP contribution in [0, 0.1) is 5.82 Å². The first kappa shape index (κ1) is 21.1. The average molecular weight is 469 g/mol. The van der Waals surface area contributed by atoms with Crippen LogP contribution in [0.2, 0.25) is 10.0 Å². The van der Waals surface area contributed by atoms with E-state index >= 15 is 0 Å². The predicted octanol–water partition coefficient (Wildman–Crippen LogP) is 4.13. The fraction of sp³-hybridized carbons (Fsp3) is 0.250. The molecule has 0 saturated carbocycles. The first-order chi connectivity index (χ1) is 14.3. The van der Waals surface area contributed by atoms with Gasteiger partial charge < -0.3 is 9.88 Å². The molecular formula is C20H19Cl2FN4O2S.